The molecule has 0 fully saturated rings. The average Bonchev–Trinajstić information content (AvgIpc) is 3.17. The maximum Gasteiger partial charge on any atom is 0.227 e. The van der Waals surface area contributed by atoms with Crippen LogP contribution in [0.3, 0.4) is 0 Å². The van der Waals surface area contributed by atoms with Gasteiger partial charge in [-0.3, -0.25) is 4.79 Å². The summed E-state index contributed by atoms with van der Waals surface area (Å²) in [5, 5.41) is 4.34. The Morgan fingerprint density at radius 2 is 1.89 bits per heavy atom. The standard InChI is InChI=1S/C21H23N3O3/c1-23(15-17-9-10-19(26-2)12-20(17)27-3)21(25)11-16-13-22-24(14-16)18-7-5-4-6-8-18/h4-10,12-14H,11,15H2,1-3H3. The van der Waals surface area contributed by atoms with Crippen LogP contribution in [0, 0.1) is 0 Å². The molecule has 0 saturated heterocycles. The zero-order chi connectivity index (χ0) is 19.2. The Morgan fingerprint density at radius 1 is 1.11 bits per heavy atom. The van der Waals surface area contributed by atoms with Crippen LogP contribution < -0.4 is 9.47 Å². The summed E-state index contributed by atoms with van der Waals surface area (Å²) >= 11 is 0. The van der Waals surface area contributed by atoms with Crippen molar-refractivity contribution in [3.05, 3.63) is 72.1 Å². The van der Waals surface area contributed by atoms with Crippen LogP contribution in [-0.2, 0) is 17.8 Å². The number of amides is 1. The van der Waals surface area contributed by atoms with Gasteiger partial charge in [-0.2, -0.15) is 5.10 Å². The number of ether oxygens (including phenoxy) is 2. The molecule has 0 aliphatic rings. The smallest absolute Gasteiger partial charge is 0.227 e. The Hall–Kier alpha value is -3.28. The van der Waals surface area contributed by atoms with Crippen LogP contribution in [-0.4, -0.2) is 41.9 Å². The molecule has 3 aromatic rings. The van der Waals surface area contributed by atoms with Crippen LogP contribution in [0.15, 0.2) is 60.9 Å². The number of hydrogen-bond donors (Lipinski definition) is 0. The van der Waals surface area contributed by atoms with E-state index in [1.54, 1.807) is 37.0 Å². The molecule has 27 heavy (non-hydrogen) atoms. The lowest BCUT2D eigenvalue weighted by molar-refractivity contribution is -0.129. The van der Waals surface area contributed by atoms with E-state index in [0.717, 1.165) is 22.6 Å². The molecule has 1 aromatic heterocycles. The molecular formula is C21H23N3O3. The third kappa shape index (κ3) is 4.47. The largest absolute Gasteiger partial charge is 0.497 e. The number of aromatic nitrogens is 2. The highest BCUT2D eigenvalue weighted by atomic mass is 16.5. The zero-order valence-corrected chi connectivity index (χ0v) is 15.8. The van der Waals surface area contributed by atoms with Crippen molar-refractivity contribution in [1.29, 1.82) is 0 Å². The number of nitrogens with zero attached hydrogens (tertiary/aromatic N) is 3. The molecule has 0 atom stereocenters. The highest BCUT2D eigenvalue weighted by Crippen LogP contribution is 2.25. The van der Waals surface area contributed by atoms with Crippen molar-refractivity contribution in [3.63, 3.8) is 0 Å². The van der Waals surface area contributed by atoms with Crippen molar-refractivity contribution in [2.45, 2.75) is 13.0 Å². The second-order valence-corrected chi connectivity index (χ2v) is 6.23. The molecule has 140 valence electrons. The highest BCUT2D eigenvalue weighted by molar-refractivity contribution is 5.78. The van der Waals surface area contributed by atoms with E-state index in [-0.39, 0.29) is 5.91 Å². The van der Waals surface area contributed by atoms with Gasteiger partial charge in [-0.1, -0.05) is 18.2 Å². The van der Waals surface area contributed by atoms with Crippen molar-refractivity contribution < 1.29 is 14.3 Å². The molecule has 1 heterocycles. The van der Waals surface area contributed by atoms with Crippen LogP contribution in [0.2, 0.25) is 0 Å². The maximum absolute atomic E-state index is 12.6. The van der Waals surface area contributed by atoms with E-state index in [4.69, 9.17) is 9.47 Å². The molecule has 3 rings (SSSR count). The average molecular weight is 365 g/mol. The first kappa shape index (κ1) is 18.5. The Morgan fingerprint density at radius 3 is 2.59 bits per heavy atom. The van der Waals surface area contributed by atoms with E-state index in [1.807, 2.05) is 54.7 Å². The molecule has 1 amide bonds. The zero-order valence-electron chi connectivity index (χ0n) is 15.8. The van der Waals surface area contributed by atoms with Gasteiger partial charge < -0.3 is 14.4 Å². The number of carbonyl (C=O) groups is 1. The number of hydrogen-bond acceptors (Lipinski definition) is 4. The van der Waals surface area contributed by atoms with Crippen molar-refractivity contribution >= 4 is 5.91 Å². The molecule has 0 aliphatic carbocycles. The molecule has 0 bridgehead atoms. The number of para-hydroxylation sites is 1. The number of benzene rings is 2. The van der Waals surface area contributed by atoms with Crippen molar-refractivity contribution in [1.82, 2.24) is 14.7 Å². The van der Waals surface area contributed by atoms with Gasteiger partial charge in [0.1, 0.15) is 11.5 Å². The van der Waals surface area contributed by atoms with Gasteiger partial charge in [0.25, 0.3) is 0 Å². The van der Waals surface area contributed by atoms with Gasteiger partial charge in [-0.05, 0) is 29.8 Å². The van der Waals surface area contributed by atoms with Crippen molar-refractivity contribution in [2.75, 3.05) is 21.3 Å². The van der Waals surface area contributed by atoms with Gasteiger partial charge >= 0.3 is 0 Å². The van der Waals surface area contributed by atoms with Crippen molar-refractivity contribution in [3.8, 4) is 17.2 Å². The van der Waals surface area contributed by atoms with E-state index in [9.17, 15) is 4.79 Å². The molecule has 2 aromatic carbocycles. The molecule has 0 unspecified atom stereocenters. The molecule has 0 N–H and O–H groups in total. The van der Waals surface area contributed by atoms with Gasteiger partial charge in [0, 0.05) is 31.4 Å². The van der Waals surface area contributed by atoms with Crippen LogP contribution in [0.1, 0.15) is 11.1 Å². The predicted molar refractivity (Wildman–Crippen MR) is 103 cm³/mol. The van der Waals surface area contributed by atoms with E-state index in [1.165, 1.54) is 0 Å². The molecule has 6 nitrogen and oxygen atoms in total. The van der Waals surface area contributed by atoms with Gasteiger partial charge in [-0.25, -0.2) is 4.68 Å². The third-order valence-corrected chi connectivity index (χ3v) is 4.34. The number of likely N-dealkylation sites (N-methyl/N-ethyl adjacent to an activating group) is 1. The predicted octanol–water partition coefficient (Wildman–Crippen LogP) is 3.09. The molecule has 0 saturated carbocycles. The first-order valence-electron chi connectivity index (χ1n) is 8.64. The summed E-state index contributed by atoms with van der Waals surface area (Å²) in [5.74, 6) is 1.43. The summed E-state index contributed by atoms with van der Waals surface area (Å²) in [5.41, 5.74) is 2.76. The first-order valence-corrected chi connectivity index (χ1v) is 8.64. The first-order chi connectivity index (χ1) is 13.1. The number of carbonyl (C=O) groups excluding carboxylic acids is 1. The van der Waals surface area contributed by atoms with Crippen LogP contribution in [0.4, 0.5) is 0 Å². The van der Waals surface area contributed by atoms with E-state index >= 15 is 0 Å². The second-order valence-electron chi connectivity index (χ2n) is 6.23. The lowest BCUT2D eigenvalue weighted by Gasteiger charge is -2.19. The Bertz CT molecular complexity index is 906. The number of methoxy groups -OCH3 is 2. The fourth-order valence-electron chi connectivity index (χ4n) is 2.81. The van der Waals surface area contributed by atoms with Crippen LogP contribution >= 0.6 is 0 Å². The summed E-state index contributed by atoms with van der Waals surface area (Å²) in [6.07, 6.45) is 3.91. The third-order valence-electron chi connectivity index (χ3n) is 4.34. The molecular weight excluding hydrogens is 342 g/mol. The highest BCUT2D eigenvalue weighted by Gasteiger charge is 2.14. The lowest BCUT2D eigenvalue weighted by atomic mass is 10.1. The fraction of sp³-hybridized carbons (Fsp3) is 0.238. The fourth-order valence-corrected chi connectivity index (χ4v) is 2.81. The molecule has 6 heteroatoms. The quantitative estimate of drug-likeness (QED) is 0.646. The minimum Gasteiger partial charge on any atom is -0.497 e. The lowest BCUT2D eigenvalue weighted by Crippen LogP contribution is -2.27. The second kappa shape index (κ2) is 8.40. The topological polar surface area (TPSA) is 56.6 Å². The Balaban J connectivity index is 1.65. The summed E-state index contributed by atoms with van der Waals surface area (Å²) in [6, 6.07) is 15.4. The van der Waals surface area contributed by atoms with E-state index in [2.05, 4.69) is 5.10 Å². The van der Waals surface area contributed by atoms with Gasteiger partial charge in [0.15, 0.2) is 0 Å². The molecule has 0 aliphatic heterocycles. The summed E-state index contributed by atoms with van der Waals surface area (Å²) in [4.78, 5) is 14.3. The van der Waals surface area contributed by atoms with E-state index < -0.39 is 0 Å². The van der Waals surface area contributed by atoms with Gasteiger partial charge in [0.2, 0.25) is 5.91 Å². The maximum atomic E-state index is 12.6. The normalized spacial score (nSPS) is 10.5. The summed E-state index contributed by atoms with van der Waals surface area (Å²) in [6.45, 7) is 0.457. The summed E-state index contributed by atoms with van der Waals surface area (Å²) in [7, 11) is 5.01. The van der Waals surface area contributed by atoms with Gasteiger partial charge in [-0.15, -0.1) is 0 Å². The van der Waals surface area contributed by atoms with Gasteiger partial charge in [0.05, 0.1) is 32.5 Å². The Kier molecular flexibility index (Phi) is 5.76. The van der Waals surface area contributed by atoms with Crippen LogP contribution in [0.25, 0.3) is 5.69 Å². The molecule has 0 spiro atoms. The SMILES string of the molecule is COc1ccc(CN(C)C(=O)Cc2cnn(-c3ccccc3)c2)c(OC)c1. The van der Waals surface area contributed by atoms with Crippen LogP contribution in [0.5, 0.6) is 11.5 Å². The monoisotopic (exact) mass is 365 g/mol. The Labute approximate surface area is 158 Å². The molecule has 0 radical (unpaired) electrons. The number of rotatable bonds is 7. The minimum absolute atomic E-state index is 0.0143. The minimum atomic E-state index is 0.0143. The van der Waals surface area contributed by atoms with E-state index in [0.29, 0.717) is 18.7 Å². The van der Waals surface area contributed by atoms with Crippen molar-refractivity contribution in [2.24, 2.45) is 0 Å². The summed E-state index contributed by atoms with van der Waals surface area (Å²) < 4.78 is 12.4.